The SMILES string of the molecule is Fc1ccc(-n2cc(CNc3ccccn3)nn2)cc1OC(F)F. The van der Waals surface area contributed by atoms with Gasteiger partial charge in [0.25, 0.3) is 0 Å². The summed E-state index contributed by atoms with van der Waals surface area (Å²) in [4.78, 5) is 4.11. The molecular formula is C15H12F3N5O. The lowest BCUT2D eigenvalue weighted by Crippen LogP contribution is -2.05. The minimum Gasteiger partial charge on any atom is -0.432 e. The highest BCUT2D eigenvalue weighted by Gasteiger charge is 2.12. The lowest BCUT2D eigenvalue weighted by molar-refractivity contribution is -0.0521. The van der Waals surface area contributed by atoms with E-state index in [0.29, 0.717) is 23.7 Å². The van der Waals surface area contributed by atoms with Crippen molar-refractivity contribution in [3.63, 3.8) is 0 Å². The number of benzene rings is 1. The number of halogens is 3. The second-order valence-corrected chi connectivity index (χ2v) is 4.72. The molecule has 3 rings (SSSR count). The largest absolute Gasteiger partial charge is 0.432 e. The summed E-state index contributed by atoms with van der Waals surface area (Å²) in [6.45, 7) is -2.73. The minimum absolute atomic E-state index is 0.351. The number of aromatic nitrogens is 4. The molecule has 3 aromatic rings. The van der Waals surface area contributed by atoms with Gasteiger partial charge in [0.05, 0.1) is 18.4 Å². The molecule has 1 N–H and O–H groups in total. The van der Waals surface area contributed by atoms with Crippen LogP contribution < -0.4 is 10.1 Å². The third-order valence-corrected chi connectivity index (χ3v) is 3.05. The van der Waals surface area contributed by atoms with Crippen LogP contribution in [0, 0.1) is 5.82 Å². The number of hydrogen-bond acceptors (Lipinski definition) is 5. The Bertz CT molecular complexity index is 810. The maximum absolute atomic E-state index is 13.4. The average Bonchev–Trinajstić information content (AvgIpc) is 3.04. The zero-order chi connectivity index (χ0) is 16.9. The summed E-state index contributed by atoms with van der Waals surface area (Å²) < 4.78 is 43.4. The van der Waals surface area contributed by atoms with Crippen molar-refractivity contribution < 1.29 is 17.9 Å². The highest BCUT2D eigenvalue weighted by molar-refractivity contribution is 5.40. The Morgan fingerprint density at radius 3 is 2.83 bits per heavy atom. The molecule has 0 saturated heterocycles. The quantitative estimate of drug-likeness (QED) is 0.750. The van der Waals surface area contributed by atoms with Crippen LogP contribution in [0.4, 0.5) is 19.0 Å². The number of rotatable bonds is 6. The molecule has 0 amide bonds. The van der Waals surface area contributed by atoms with Gasteiger partial charge in [-0.2, -0.15) is 8.78 Å². The first-order valence-corrected chi connectivity index (χ1v) is 6.92. The molecule has 0 aliphatic rings. The van der Waals surface area contributed by atoms with Crippen molar-refractivity contribution in [3.8, 4) is 11.4 Å². The van der Waals surface area contributed by atoms with Crippen molar-refractivity contribution in [3.05, 3.63) is 60.3 Å². The van der Waals surface area contributed by atoms with Crippen molar-refractivity contribution in [1.29, 1.82) is 0 Å². The fourth-order valence-corrected chi connectivity index (χ4v) is 1.97. The molecule has 1 aromatic carbocycles. The fraction of sp³-hybridized carbons (Fsp3) is 0.133. The number of nitrogens with zero attached hydrogens (tertiary/aromatic N) is 4. The van der Waals surface area contributed by atoms with Gasteiger partial charge in [-0.3, -0.25) is 0 Å². The van der Waals surface area contributed by atoms with Crippen LogP contribution in [-0.2, 0) is 6.54 Å². The summed E-state index contributed by atoms with van der Waals surface area (Å²) in [5.74, 6) is -0.746. The van der Waals surface area contributed by atoms with Crippen molar-refractivity contribution in [1.82, 2.24) is 20.0 Å². The van der Waals surface area contributed by atoms with Gasteiger partial charge < -0.3 is 10.1 Å². The Morgan fingerprint density at radius 2 is 2.08 bits per heavy atom. The molecule has 6 nitrogen and oxygen atoms in total. The van der Waals surface area contributed by atoms with Gasteiger partial charge in [0.1, 0.15) is 11.5 Å². The predicted octanol–water partition coefficient (Wildman–Crippen LogP) is 3.01. The average molecular weight is 335 g/mol. The van der Waals surface area contributed by atoms with Gasteiger partial charge in [-0.05, 0) is 24.3 Å². The maximum Gasteiger partial charge on any atom is 0.387 e. The molecule has 0 atom stereocenters. The zero-order valence-corrected chi connectivity index (χ0v) is 12.2. The number of hydrogen-bond donors (Lipinski definition) is 1. The summed E-state index contributed by atoms with van der Waals surface area (Å²) in [5, 5.41) is 10.9. The summed E-state index contributed by atoms with van der Waals surface area (Å²) in [5.41, 5.74) is 0.949. The normalized spacial score (nSPS) is 10.8. The first kappa shape index (κ1) is 15.8. The van der Waals surface area contributed by atoms with E-state index in [2.05, 4.69) is 25.3 Å². The first-order chi connectivity index (χ1) is 11.6. The zero-order valence-electron chi connectivity index (χ0n) is 12.2. The molecule has 0 bridgehead atoms. The molecular weight excluding hydrogens is 323 g/mol. The van der Waals surface area contributed by atoms with Crippen LogP contribution in [0.5, 0.6) is 5.75 Å². The van der Waals surface area contributed by atoms with Gasteiger partial charge >= 0.3 is 6.61 Å². The molecule has 0 unspecified atom stereocenters. The number of ether oxygens (including phenoxy) is 1. The van der Waals surface area contributed by atoms with E-state index in [4.69, 9.17) is 0 Å². The minimum atomic E-state index is -3.11. The molecule has 0 spiro atoms. The second kappa shape index (κ2) is 6.99. The monoisotopic (exact) mass is 335 g/mol. The molecule has 0 fully saturated rings. The van der Waals surface area contributed by atoms with E-state index in [0.717, 1.165) is 12.1 Å². The highest BCUT2D eigenvalue weighted by atomic mass is 19.3. The van der Waals surface area contributed by atoms with E-state index in [1.807, 2.05) is 6.07 Å². The van der Waals surface area contributed by atoms with Gasteiger partial charge in [-0.15, -0.1) is 5.10 Å². The van der Waals surface area contributed by atoms with Crippen LogP contribution in [0.25, 0.3) is 5.69 Å². The fourth-order valence-electron chi connectivity index (χ4n) is 1.97. The molecule has 24 heavy (non-hydrogen) atoms. The molecule has 124 valence electrons. The molecule has 0 saturated carbocycles. The third kappa shape index (κ3) is 3.80. The Kier molecular flexibility index (Phi) is 4.59. The van der Waals surface area contributed by atoms with Gasteiger partial charge in [0.2, 0.25) is 0 Å². The Morgan fingerprint density at radius 1 is 1.21 bits per heavy atom. The van der Waals surface area contributed by atoms with E-state index in [-0.39, 0.29) is 0 Å². The summed E-state index contributed by atoms with van der Waals surface area (Å²) in [6, 6.07) is 8.99. The smallest absolute Gasteiger partial charge is 0.387 e. The Labute approximate surface area is 134 Å². The van der Waals surface area contributed by atoms with Crippen LogP contribution in [0.3, 0.4) is 0 Å². The van der Waals surface area contributed by atoms with Crippen molar-refractivity contribution >= 4 is 5.82 Å². The van der Waals surface area contributed by atoms with Gasteiger partial charge in [0, 0.05) is 12.3 Å². The van der Waals surface area contributed by atoms with Crippen LogP contribution in [0.15, 0.2) is 48.8 Å². The molecule has 2 heterocycles. The predicted molar refractivity (Wildman–Crippen MR) is 79.5 cm³/mol. The Balaban J connectivity index is 1.73. The molecule has 0 radical (unpaired) electrons. The van der Waals surface area contributed by atoms with E-state index in [1.54, 1.807) is 24.5 Å². The first-order valence-electron chi connectivity index (χ1n) is 6.92. The van der Waals surface area contributed by atoms with E-state index in [1.165, 1.54) is 10.7 Å². The third-order valence-electron chi connectivity index (χ3n) is 3.05. The number of pyridine rings is 1. The molecule has 0 aliphatic carbocycles. The molecule has 2 aromatic heterocycles. The second-order valence-electron chi connectivity index (χ2n) is 4.72. The summed E-state index contributed by atoms with van der Waals surface area (Å²) in [7, 11) is 0. The Hall–Kier alpha value is -3.10. The van der Waals surface area contributed by atoms with Gasteiger partial charge in [0.15, 0.2) is 11.6 Å². The van der Waals surface area contributed by atoms with E-state index in [9.17, 15) is 13.2 Å². The number of anilines is 1. The summed E-state index contributed by atoms with van der Waals surface area (Å²) >= 11 is 0. The standard InChI is InChI=1S/C15H12F3N5O/c16-12-5-4-11(7-13(12)24-15(17)18)23-9-10(21-22-23)8-20-14-3-1-2-6-19-14/h1-7,9,15H,8H2,(H,19,20). The van der Waals surface area contributed by atoms with Crippen LogP contribution in [-0.4, -0.2) is 26.6 Å². The van der Waals surface area contributed by atoms with E-state index < -0.39 is 18.2 Å². The van der Waals surface area contributed by atoms with Crippen molar-refractivity contribution in [2.75, 3.05) is 5.32 Å². The number of alkyl halides is 2. The lowest BCUT2D eigenvalue weighted by atomic mass is 10.3. The molecule has 0 aliphatic heterocycles. The van der Waals surface area contributed by atoms with E-state index >= 15 is 0 Å². The van der Waals surface area contributed by atoms with Gasteiger partial charge in [-0.25, -0.2) is 14.1 Å². The topological polar surface area (TPSA) is 64.9 Å². The van der Waals surface area contributed by atoms with Gasteiger partial charge in [-0.1, -0.05) is 11.3 Å². The molecule has 9 heteroatoms. The van der Waals surface area contributed by atoms with Crippen LogP contribution in [0.1, 0.15) is 5.69 Å². The van der Waals surface area contributed by atoms with Crippen LogP contribution >= 0.6 is 0 Å². The summed E-state index contributed by atoms with van der Waals surface area (Å²) in [6.07, 6.45) is 3.25. The van der Waals surface area contributed by atoms with Crippen molar-refractivity contribution in [2.24, 2.45) is 0 Å². The highest BCUT2D eigenvalue weighted by Crippen LogP contribution is 2.22. The maximum atomic E-state index is 13.4. The van der Waals surface area contributed by atoms with Crippen molar-refractivity contribution in [2.45, 2.75) is 13.2 Å². The van der Waals surface area contributed by atoms with Crippen LogP contribution in [0.2, 0.25) is 0 Å². The lowest BCUT2D eigenvalue weighted by Gasteiger charge is -2.07. The number of nitrogens with one attached hydrogen (secondary N) is 1.